The molecule has 0 radical (unpaired) electrons. The number of morpholine rings is 1. The molecule has 31 heavy (non-hydrogen) atoms. The summed E-state index contributed by atoms with van der Waals surface area (Å²) >= 11 is 0. The van der Waals surface area contributed by atoms with Crippen molar-refractivity contribution in [2.45, 2.75) is 78.4 Å². The highest BCUT2D eigenvalue weighted by Gasteiger charge is 2.27. The van der Waals surface area contributed by atoms with Gasteiger partial charge in [-0.25, -0.2) is 4.99 Å². The first-order chi connectivity index (χ1) is 14.8. The van der Waals surface area contributed by atoms with Gasteiger partial charge < -0.3 is 19.9 Å². The van der Waals surface area contributed by atoms with E-state index in [1.807, 2.05) is 0 Å². The highest BCUT2D eigenvalue weighted by molar-refractivity contribution is 14.0. The van der Waals surface area contributed by atoms with Crippen LogP contribution in [0.1, 0.15) is 64.5 Å². The van der Waals surface area contributed by atoms with Crippen molar-refractivity contribution in [1.29, 1.82) is 0 Å². The molecule has 9 heteroatoms. The molecule has 3 heterocycles. The fraction of sp³-hybridized carbons (Fsp3) is 0.864. The molecule has 178 valence electrons. The molecule has 2 N–H and O–H groups in total. The third-order valence-corrected chi connectivity index (χ3v) is 6.50. The highest BCUT2D eigenvalue weighted by Crippen LogP contribution is 2.20. The van der Waals surface area contributed by atoms with E-state index in [0.29, 0.717) is 18.5 Å². The molecule has 1 saturated heterocycles. The summed E-state index contributed by atoms with van der Waals surface area (Å²) in [5, 5.41) is 15.9. The Morgan fingerprint density at radius 1 is 1.03 bits per heavy atom. The van der Waals surface area contributed by atoms with E-state index in [0.717, 1.165) is 70.0 Å². The lowest BCUT2D eigenvalue weighted by Crippen LogP contribution is -2.53. The van der Waals surface area contributed by atoms with Gasteiger partial charge >= 0.3 is 0 Å². The molecule has 0 spiro atoms. The van der Waals surface area contributed by atoms with Gasteiger partial charge in [-0.15, -0.1) is 34.2 Å². The molecule has 8 nitrogen and oxygen atoms in total. The smallest absolute Gasteiger partial charge is 0.191 e. The molecule has 1 atom stereocenters. The standard InChI is InChI=1S/C22H41N7O.HI/c1-4-18(5-2)19(28-12-14-30-15-13-28)16-24-22(23-6-3)25-17-21-27-26-20-10-8-7-9-11-29(20)21;/h18-19H,4-17H2,1-3H3,(H2,23,24,25);1H. The summed E-state index contributed by atoms with van der Waals surface area (Å²) in [5.41, 5.74) is 0. The first-order valence-corrected chi connectivity index (χ1v) is 12.0. The van der Waals surface area contributed by atoms with Crippen LogP contribution in [0.4, 0.5) is 0 Å². The van der Waals surface area contributed by atoms with Gasteiger partial charge in [0.1, 0.15) is 12.4 Å². The summed E-state index contributed by atoms with van der Waals surface area (Å²) in [5.74, 6) is 3.64. The molecular formula is C22H42IN7O. The quantitative estimate of drug-likeness (QED) is 0.281. The van der Waals surface area contributed by atoms with Gasteiger partial charge in [0, 0.05) is 45.2 Å². The van der Waals surface area contributed by atoms with E-state index in [9.17, 15) is 0 Å². The second kappa shape index (κ2) is 14.3. The van der Waals surface area contributed by atoms with Crippen molar-refractivity contribution >= 4 is 29.9 Å². The number of hydrogen-bond acceptors (Lipinski definition) is 5. The molecule has 0 bridgehead atoms. The summed E-state index contributed by atoms with van der Waals surface area (Å²) in [6.45, 7) is 13.8. The van der Waals surface area contributed by atoms with Gasteiger partial charge in [-0.3, -0.25) is 4.90 Å². The lowest BCUT2D eigenvalue weighted by molar-refractivity contribution is 0.00272. The Bertz CT molecular complexity index is 656. The lowest BCUT2D eigenvalue weighted by Gasteiger charge is -2.39. The maximum Gasteiger partial charge on any atom is 0.191 e. The molecule has 2 aliphatic heterocycles. The predicted molar refractivity (Wildman–Crippen MR) is 136 cm³/mol. The van der Waals surface area contributed by atoms with E-state index in [1.165, 1.54) is 32.1 Å². The number of aromatic nitrogens is 3. The largest absolute Gasteiger partial charge is 0.379 e. The van der Waals surface area contributed by atoms with Crippen LogP contribution < -0.4 is 10.6 Å². The molecule has 2 aliphatic rings. The minimum absolute atomic E-state index is 0. The number of aryl methyl sites for hydroxylation is 1. The van der Waals surface area contributed by atoms with Crippen molar-refractivity contribution in [2.75, 3.05) is 39.4 Å². The van der Waals surface area contributed by atoms with Gasteiger partial charge in [0.25, 0.3) is 0 Å². The van der Waals surface area contributed by atoms with Crippen LogP contribution in [0.5, 0.6) is 0 Å². The average Bonchev–Trinajstić information content (AvgIpc) is 3.01. The fourth-order valence-electron chi connectivity index (χ4n) is 4.69. The molecule has 1 fully saturated rings. The van der Waals surface area contributed by atoms with Crippen LogP contribution in [-0.2, 0) is 24.2 Å². The molecule has 1 aromatic rings. The second-order valence-electron chi connectivity index (χ2n) is 8.36. The average molecular weight is 548 g/mol. The Morgan fingerprint density at radius 3 is 2.52 bits per heavy atom. The van der Waals surface area contributed by atoms with Crippen LogP contribution in [-0.4, -0.2) is 71.1 Å². The van der Waals surface area contributed by atoms with Gasteiger partial charge in [0.15, 0.2) is 11.8 Å². The molecule has 0 aliphatic carbocycles. The van der Waals surface area contributed by atoms with Crippen molar-refractivity contribution in [3.63, 3.8) is 0 Å². The number of guanidine groups is 1. The number of nitrogens with one attached hydrogen (secondary N) is 2. The van der Waals surface area contributed by atoms with Crippen molar-refractivity contribution in [2.24, 2.45) is 10.9 Å². The van der Waals surface area contributed by atoms with Gasteiger partial charge in [-0.1, -0.05) is 33.1 Å². The molecule has 0 saturated carbocycles. The van der Waals surface area contributed by atoms with E-state index in [2.05, 4.69) is 51.1 Å². The normalized spacial score (nSPS) is 18.8. The van der Waals surface area contributed by atoms with Crippen molar-refractivity contribution in [3.8, 4) is 0 Å². The maximum atomic E-state index is 5.58. The van der Waals surface area contributed by atoms with Gasteiger partial charge in [-0.05, 0) is 25.7 Å². The third kappa shape index (κ3) is 7.56. The number of ether oxygens (including phenoxy) is 1. The topological polar surface area (TPSA) is 79.6 Å². The molecule has 1 aromatic heterocycles. The summed E-state index contributed by atoms with van der Waals surface area (Å²) in [4.78, 5) is 7.44. The Hall–Kier alpha value is -0.940. The number of aliphatic imine (C=N–C) groups is 1. The molecular weight excluding hydrogens is 505 g/mol. The Kier molecular flexibility index (Phi) is 12.1. The number of halogens is 1. The predicted octanol–water partition coefficient (Wildman–Crippen LogP) is 2.81. The summed E-state index contributed by atoms with van der Waals surface area (Å²) in [6.07, 6.45) is 7.11. The van der Waals surface area contributed by atoms with Gasteiger partial charge in [-0.2, -0.15) is 0 Å². The Balaban J connectivity index is 0.00000341. The first-order valence-electron chi connectivity index (χ1n) is 12.0. The van der Waals surface area contributed by atoms with Crippen LogP contribution in [0, 0.1) is 5.92 Å². The summed E-state index contributed by atoms with van der Waals surface area (Å²) < 4.78 is 7.86. The zero-order valence-corrected chi connectivity index (χ0v) is 21.9. The number of fused-ring (bicyclic) bond motifs is 1. The maximum absolute atomic E-state index is 5.58. The Morgan fingerprint density at radius 2 is 1.81 bits per heavy atom. The van der Waals surface area contributed by atoms with Crippen LogP contribution in [0.3, 0.4) is 0 Å². The van der Waals surface area contributed by atoms with E-state index < -0.39 is 0 Å². The SMILES string of the molecule is CCNC(=NCc1nnc2n1CCCCC2)NCC(C(CC)CC)N1CCOCC1.I. The molecule has 0 amide bonds. The van der Waals surface area contributed by atoms with Gasteiger partial charge in [0.2, 0.25) is 0 Å². The number of nitrogens with zero attached hydrogens (tertiary/aromatic N) is 5. The monoisotopic (exact) mass is 547 g/mol. The van der Waals surface area contributed by atoms with E-state index in [1.54, 1.807) is 0 Å². The third-order valence-electron chi connectivity index (χ3n) is 6.50. The van der Waals surface area contributed by atoms with Crippen LogP contribution >= 0.6 is 24.0 Å². The summed E-state index contributed by atoms with van der Waals surface area (Å²) in [6, 6.07) is 0.497. The lowest BCUT2D eigenvalue weighted by atomic mass is 9.92. The van der Waals surface area contributed by atoms with Gasteiger partial charge in [0.05, 0.1) is 13.2 Å². The second-order valence-corrected chi connectivity index (χ2v) is 8.36. The van der Waals surface area contributed by atoms with E-state index in [4.69, 9.17) is 9.73 Å². The van der Waals surface area contributed by atoms with Crippen molar-refractivity contribution in [3.05, 3.63) is 11.6 Å². The van der Waals surface area contributed by atoms with Crippen molar-refractivity contribution in [1.82, 2.24) is 30.3 Å². The first kappa shape index (κ1) is 26.3. The minimum Gasteiger partial charge on any atom is -0.379 e. The number of hydrogen-bond donors (Lipinski definition) is 2. The van der Waals surface area contributed by atoms with E-state index in [-0.39, 0.29) is 24.0 Å². The summed E-state index contributed by atoms with van der Waals surface area (Å²) in [7, 11) is 0. The fourth-order valence-corrected chi connectivity index (χ4v) is 4.69. The molecule has 3 rings (SSSR count). The van der Waals surface area contributed by atoms with E-state index >= 15 is 0 Å². The molecule has 0 aromatic carbocycles. The van der Waals surface area contributed by atoms with Crippen LogP contribution in [0.15, 0.2) is 4.99 Å². The zero-order chi connectivity index (χ0) is 21.2. The van der Waals surface area contributed by atoms with Crippen LogP contribution in [0.2, 0.25) is 0 Å². The molecule has 1 unspecified atom stereocenters. The zero-order valence-electron chi connectivity index (χ0n) is 19.6. The van der Waals surface area contributed by atoms with Crippen LogP contribution in [0.25, 0.3) is 0 Å². The van der Waals surface area contributed by atoms with Crippen molar-refractivity contribution < 1.29 is 4.74 Å². The number of rotatable bonds is 9. The minimum atomic E-state index is 0. The Labute approximate surface area is 205 Å². The highest BCUT2D eigenvalue weighted by atomic mass is 127.